The molecule has 1 saturated heterocycles. The van der Waals surface area contributed by atoms with Crippen LogP contribution in [0.5, 0.6) is 0 Å². The molecule has 3 aromatic carbocycles. The number of rotatable bonds is 7. The summed E-state index contributed by atoms with van der Waals surface area (Å²) in [5.41, 5.74) is 3.36. The van der Waals surface area contributed by atoms with Gasteiger partial charge in [0.2, 0.25) is 5.91 Å². The summed E-state index contributed by atoms with van der Waals surface area (Å²) in [5, 5.41) is 5.69. The number of carbonyl (C=O) groups is 1. The highest BCUT2D eigenvalue weighted by atomic mass is 32.2. The lowest BCUT2D eigenvalue weighted by Gasteiger charge is -2.24. The van der Waals surface area contributed by atoms with Gasteiger partial charge >= 0.3 is 0 Å². The summed E-state index contributed by atoms with van der Waals surface area (Å²) in [6.45, 7) is 4.73. The van der Waals surface area contributed by atoms with Crippen molar-refractivity contribution in [2.45, 2.75) is 24.7 Å². The minimum atomic E-state index is -0.298. The fourth-order valence-electron chi connectivity index (χ4n) is 5.19. The van der Waals surface area contributed by atoms with E-state index in [4.69, 9.17) is 15.1 Å². The van der Waals surface area contributed by atoms with Gasteiger partial charge < -0.3 is 9.80 Å². The third-order valence-corrected chi connectivity index (χ3v) is 8.26. The molecule has 6 rings (SSSR count). The second kappa shape index (κ2) is 12.1. The van der Waals surface area contributed by atoms with Crippen LogP contribution in [0.1, 0.15) is 23.5 Å². The molecule has 0 radical (unpaired) electrons. The average Bonchev–Trinajstić information content (AvgIpc) is 3.16. The number of thioether (sulfide) groups is 1. The summed E-state index contributed by atoms with van der Waals surface area (Å²) in [6, 6.07) is 26.5. The van der Waals surface area contributed by atoms with Crippen molar-refractivity contribution in [3.05, 3.63) is 108 Å². The van der Waals surface area contributed by atoms with E-state index < -0.39 is 0 Å². The predicted octanol–water partition coefficient (Wildman–Crippen LogP) is 5.68. The lowest BCUT2D eigenvalue weighted by atomic mass is 10.1. The quantitative estimate of drug-likeness (QED) is 0.236. The molecule has 7 nitrogen and oxygen atoms in total. The van der Waals surface area contributed by atoms with Gasteiger partial charge in [0.15, 0.2) is 5.65 Å². The number of carbonyl (C=O) groups excluding carboxylic acids is 1. The molecular weight excluding hydrogens is 535 g/mol. The molecule has 9 heteroatoms. The van der Waals surface area contributed by atoms with Crippen LogP contribution in [0.2, 0.25) is 0 Å². The van der Waals surface area contributed by atoms with Gasteiger partial charge in [-0.15, -0.1) is 11.8 Å². The highest BCUT2D eigenvalue weighted by Crippen LogP contribution is 2.30. The van der Waals surface area contributed by atoms with Crippen molar-refractivity contribution in [2.24, 2.45) is 0 Å². The number of halogens is 1. The number of anilines is 1. The highest BCUT2D eigenvalue weighted by Gasteiger charge is 2.25. The Morgan fingerprint density at radius 3 is 2.37 bits per heavy atom. The van der Waals surface area contributed by atoms with Gasteiger partial charge in [0.05, 0.1) is 22.5 Å². The van der Waals surface area contributed by atoms with Gasteiger partial charge in [0.25, 0.3) is 0 Å². The molecule has 0 bridgehead atoms. The fourth-order valence-corrected chi connectivity index (χ4v) is 6.01. The molecule has 208 valence electrons. The van der Waals surface area contributed by atoms with E-state index in [1.807, 2.05) is 60.4 Å². The first-order valence-corrected chi connectivity index (χ1v) is 14.8. The lowest BCUT2D eigenvalue weighted by Crippen LogP contribution is -2.36. The Bertz CT molecular complexity index is 1640. The molecule has 1 aliphatic heterocycles. The average molecular weight is 567 g/mol. The third kappa shape index (κ3) is 6.10. The summed E-state index contributed by atoms with van der Waals surface area (Å²) in [7, 11) is 0. The zero-order valence-electron chi connectivity index (χ0n) is 22.9. The van der Waals surface area contributed by atoms with Crippen molar-refractivity contribution in [1.82, 2.24) is 24.6 Å². The van der Waals surface area contributed by atoms with E-state index >= 15 is 0 Å². The van der Waals surface area contributed by atoms with E-state index in [-0.39, 0.29) is 11.7 Å². The molecule has 0 atom stereocenters. The van der Waals surface area contributed by atoms with E-state index in [1.54, 1.807) is 28.6 Å². The van der Waals surface area contributed by atoms with E-state index in [2.05, 4.69) is 17.0 Å². The lowest BCUT2D eigenvalue weighted by molar-refractivity contribution is -0.128. The van der Waals surface area contributed by atoms with Gasteiger partial charge in [-0.2, -0.15) is 5.10 Å². The molecule has 0 spiro atoms. The molecule has 1 aliphatic rings. The Morgan fingerprint density at radius 1 is 0.878 bits per heavy atom. The number of hydrogen-bond acceptors (Lipinski definition) is 6. The minimum Gasteiger partial charge on any atom is -0.354 e. The van der Waals surface area contributed by atoms with Gasteiger partial charge in [-0.25, -0.2) is 19.0 Å². The molecule has 0 saturated carbocycles. The summed E-state index contributed by atoms with van der Waals surface area (Å²) in [5.74, 6) is 1.80. The normalized spacial score (nSPS) is 13.9. The Morgan fingerprint density at radius 2 is 1.61 bits per heavy atom. The van der Waals surface area contributed by atoms with Gasteiger partial charge in [-0.05, 0) is 55.3 Å². The fraction of sp³-hybridized carbons (Fsp3) is 0.250. The zero-order valence-corrected chi connectivity index (χ0v) is 23.7. The molecule has 0 unspecified atom stereocenters. The number of amides is 1. The molecule has 41 heavy (non-hydrogen) atoms. The Labute approximate surface area is 243 Å². The Hall–Kier alpha value is -4.24. The van der Waals surface area contributed by atoms with Crippen molar-refractivity contribution in [3.8, 4) is 5.69 Å². The van der Waals surface area contributed by atoms with Crippen LogP contribution in [-0.4, -0.2) is 62.5 Å². The van der Waals surface area contributed by atoms with Crippen LogP contribution in [0.4, 0.5) is 10.2 Å². The summed E-state index contributed by atoms with van der Waals surface area (Å²) < 4.78 is 15.5. The Kier molecular flexibility index (Phi) is 7.95. The topological polar surface area (TPSA) is 67.2 Å². The van der Waals surface area contributed by atoms with Crippen LogP contribution in [-0.2, 0) is 11.2 Å². The number of aryl methyl sites for hydroxylation is 1. The molecule has 0 N–H and O–H groups in total. The smallest absolute Gasteiger partial charge is 0.232 e. The van der Waals surface area contributed by atoms with Crippen molar-refractivity contribution >= 4 is 34.5 Å². The number of hydrogen-bond donors (Lipinski definition) is 0. The zero-order chi connectivity index (χ0) is 28.2. The van der Waals surface area contributed by atoms with Crippen molar-refractivity contribution in [2.75, 3.05) is 36.8 Å². The highest BCUT2D eigenvalue weighted by molar-refractivity contribution is 8.00. The minimum absolute atomic E-state index is 0.151. The monoisotopic (exact) mass is 566 g/mol. The molecule has 1 fully saturated rings. The van der Waals surface area contributed by atoms with Crippen molar-refractivity contribution in [1.29, 1.82) is 0 Å². The number of benzene rings is 3. The predicted molar refractivity (Wildman–Crippen MR) is 161 cm³/mol. The molecule has 5 aromatic rings. The number of nitrogens with zero attached hydrogens (tertiary/aromatic N) is 6. The van der Waals surface area contributed by atoms with Crippen LogP contribution < -0.4 is 4.90 Å². The Balaban J connectivity index is 1.30. The second-order valence-corrected chi connectivity index (χ2v) is 11.2. The molecular formula is C32H31FN6OS. The van der Waals surface area contributed by atoms with Crippen LogP contribution in [0.15, 0.2) is 89.8 Å². The molecule has 0 aliphatic carbocycles. The first kappa shape index (κ1) is 27.0. The number of aromatic nitrogens is 4. The van der Waals surface area contributed by atoms with Crippen molar-refractivity contribution < 1.29 is 9.18 Å². The first-order valence-electron chi connectivity index (χ1n) is 13.8. The van der Waals surface area contributed by atoms with Crippen LogP contribution in [0, 0.1) is 12.7 Å². The first-order chi connectivity index (χ1) is 20.0. The largest absolute Gasteiger partial charge is 0.354 e. The molecule has 1 amide bonds. The third-order valence-electron chi connectivity index (χ3n) is 7.26. The SMILES string of the molecule is Cc1nn(-c2ccc(F)cc2)c2nc(Cc3ccccc3)nc(N3CCCN(C(=O)CSc4ccccc4)CC3)c12. The summed E-state index contributed by atoms with van der Waals surface area (Å²) in [6.07, 6.45) is 1.42. The van der Waals surface area contributed by atoms with Gasteiger partial charge in [0, 0.05) is 37.5 Å². The van der Waals surface area contributed by atoms with Gasteiger partial charge in [0.1, 0.15) is 17.5 Å². The maximum absolute atomic E-state index is 13.7. The maximum atomic E-state index is 13.7. The van der Waals surface area contributed by atoms with Crippen LogP contribution in [0.25, 0.3) is 16.7 Å². The maximum Gasteiger partial charge on any atom is 0.232 e. The summed E-state index contributed by atoms with van der Waals surface area (Å²) >= 11 is 1.57. The molecule has 3 heterocycles. The van der Waals surface area contributed by atoms with Crippen LogP contribution >= 0.6 is 11.8 Å². The van der Waals surface area contributed by atoms with E-state index in [0.717, 1.165) is 46.0 Å². The standard InChI is InChI=1S/C32H31FN6OS/c1-23-30-31(38-18-8-17-37(19-20-38)29(40)22-41-27-11-6-3-7-12-27)34-28(21-24-9-4-2-5-10-24)35-32(30)39(36-23)26-15-13-25(33)14-16-26/h2-7,9-16H,8,17-22H2,1H3. The second-order valence-electron chi connectivity index (χ2n) is 10.1. The van der Waals surface area contributed by atoms with Gasteiger partial charge in [-0.3, -0.25) is 4.79 Å². The molecule has 2 aromatic heterocycles. The van der Waals surface area contributed by atoms with Crippen LogP contribution in [0.3, 0.4) is 0 Å². The number of fused-ring (bicyclic) bond motifs is 1. The van der Waals surface area contributed by atoms with E-state index in [1.165, 1.54) is 12.1 Å². The summed E-state index contributed by atoms with van der Waals surface area (Å²) in [4.78, 5) is 28.5. The van der Waals surface area contributed by atoms with E-state index in [0.29, 0.717) is 43.3 Å². The van der Waals surface area contributed by atoms with Crippen molar-refractivity contribution in [3.63, 3.8) is 0 Å². The van der Waals surface area contributed by atoms with Gasteiger partial charge in [-0.1, -0.05) is 48.5 Å². The van der Waals surface area contributed by atoms with E-state index in [9.17, 15) is 9.18 Å².